The van der Waals surface area contributed by atoms with E-state index in [0.29, 0.717) is 50.2 Å². The summed E-state index contributed by atoms with van der Waals surface area (Å²) in [5, 5.41) is 5.78. The number of amides is 4. The molecule has 2 aromatic rings. The van der Waals surface area contributed by atoms with Crippen LogP contribution in [0.4, 0.5) is 16.2 Å². The smallest absolute Gasteiger partial charge is 0.410 e. The number of sulfonamides is 1. The molecule has 4 amide bonds. The van der Waals surface area contributed by atoms with Crippen LogP contribution in [0.2, 0.25) is 5.02 Å². The lowest BCUT2D eigenvalue weighted by molar-refractivity contribution is -0.140. The average molecular weight is 783 g/mol. The van der Waals surface area contributed by atoms with Crippen molar-refractivity contribution in [2.45, 2.75) is 106 Å². The molecule has 3 N–H and O–H groups in total. The Balaban J connectivity index is 1.07. The second-order valence-electron chi connectivity index (χ2n) is 15.4. The van der Waals surface area contributed by atoms with Gasteiger partial charge in [0.25, 0.3) is 16.8 Å². The number of rotatable bonds is 7. The fourth-order valence-corrected chi connectivity index (χ4v) is 9.72. The number of nitrogens with zero attached hydrogens (tertiary/aromatic N) is 3. The minimum atomic E-state index is -3.92. The Morgan fingerprint density at radius 3 is 2.50 bits per heavy atom. The molecule has 4 aliphatic heterocycles. The van der Waals surface area contributed by atoms with E-state index in [1.165, 1.54) is 9.80 Å². The van der Waals surface area contributed by atoms with Crippen LogP contribution in [-0.2, 0) is 42.2 Å². The Hall–Kier alpha value is -4.44. The summed E-state index contributed by atoms with van der Waals surface area (Å²) in [6.45, 7) is 1.61. The number of hydrogen-bond donors (Lipinski definition) is 3. The van der Waals surface area contributed by atoms with Gasteiger partial charge in [0.2, 0.25) is 21.8 Å². The Bertz CT molecular complexity index is 2110. The fraction of sp³-hybridized carbons (Fsp3) is 0.568. The van der Waals surface area contributed by atoms with Crippen LogP contribution in [0.15, 0.2) is 39.9 Å². The lowest BCUT2D eigenvalue weighted by Crippen LogP contribution is -2.58. The summed E-state index contributed by atoms with van der Waals surface area (Å²) in [5.74, 6) is -2.51. The van der Waals surface area contributed by atoms with E-state index < -0.39 is 79.6 Å². The third-order valence-electron chi connectivity index (χ3n) is 11.7. The number of ether oxygens (including phenoxy) is 1. The van der Waals surface area contributed by atoms with Crippen LogP contribution < -0.4 is 31.1 Å². The predicted octanol–water partition coefficient (Wildman–Crippen LogP) is 2.05. The molecule has 2 aliphatic carbocycles. The van der Waals surface area contributed by atoms with Gasteiger partial charge in [-0.2, -0.15) is 0 Å². The van der Waals surface area contributed by atoms with Crippen LogP contribution in [-0.4, -0.2) is 90.6 Å². The molecule has 0 bridgehead atoms. The molecule has 54 heavy (non-hydrogen) atoms. The molecule has 6 aliphatic rings. The lowest BCUT2D eigenvalue weighted by atomic mass is 10.0. The van der Waals surface area contributed by atoms with Crippen molar-refractivity contribution in [1.82, 2.24) is 19.8 Å². The third kappa shape index (κ3) is 6.75. The minimum Gasteiger partial charge on any atom is -0.444 e. The van der Waals surface area contributed by atoms with Crippen LogP contribution in [0.25, 0.3) is 0 Å². The van der Waals surface area contributed by atoms with E-state index in [-0.39, 0.29) is 43.9 Å². The fourth-order valence-electron chi connectivity index (χ4n) is 8.10. The maximum absolute atomic E-state index is 14.6. The van der Waals surface area contributed by atoms with Gasteiger partial charge in [0.05, 0.1) is 18.3 Å². The van der Waals surface area contributed by atoms with Crippen molar-refractivity contribution < 1.29 is 32.3 Å². The molecule has 2 saturated heterocycles. The first-order valence-electron chi connectivity index (χ1n) is 18.8. The summed E-state index contributed by atoms with van der Waals surface area (Å²) in [6, 6.07) is 3.24. The van der Waals surface area contributed by atoms with Gasteiger partial charge in [-0.1, -0.05) is 48.7 Å². The number of carbonyl (C=O) groups excluding carboxylic acids is 4. The van der Waals surface area contributed by atoms with Gasteiger partial charge in [0.15, 0.2) is 0 Å². The Kier molecular flexibility index (Phi) is 9.47. The maximum atomic E-state index is 14.6. The molecule has 1 unspecified atom stereocenters. The van der Waals surface area contributed by atoms with Crippen molar-refractivity contribution in [1.29, 1.82) is 0 Å². The Morgan fingerprint density at radius 2 is 1.78 bits per heavy atom. The van der Waals surface area contributed by atoms with Gasteiger partial charge in [-0.15, -0.1) is 0 Å². The molecule has 17 heteroatoms. The average Bonchev–Trinajstić information content (AvgIpc) is 4.00. The van der Waals surface area contributed by atoms with Gasteiger partial charge >= 0.3 is 6.09 Å². The highest BCUT2D eigenvalue weighted by atomic mass is 35.5. The molecule has 0 radical (unpaired) electrons. The first kappa shape index (κ1) is 36.5. The normalized spacial score (nSPS) is 28.6. The van der Waals surface area contributed by atoms with Crippen molar-refractivity contribution >= 4 is 56.8 Å². The van der Waals surface area contributed by atoms with Crippen LogP contribution >= 0.6 is 11.6 Å². The molecule has 0 spiro atoms. The van der Waals surface area contributed by atoms with Crippen molar-refractivity contribution in [3.05, 3.63) is 66.9 Å². The van der Waals surface area contributed by atoms with Gasteiger partial charge in [-0.3, -0.25) is 33.6 Å². The van der Waals surface area contributed by atoms with Gasteiger partial charge in [-0.05, 0) is 62.1 Å². The molecular formula is C37H43ClN6O9S. The van der Waals surface area contributed by atoms with Crippen LogP contribution in [0.3, 0.4) is 0 Å². The SMILES string of the molecule is O=C1N[C@]2(C(=O)NS(=O)(=O)C3CC3)C[C@H]2C=CCCCCC[C@H](Nc2c(N3CCC3)c(=O)c2=O)C(=O)N2CC(OC(=O)N3Cc4cccc(Cl)c4C3)C[C@@H]12. The quantitative estimate of drug-likeness (QED) is 0.275. The summed E-state index contributed by atoms with van der Waals surface area (Å²) >= 11 is 6.37. The number of halogens is 1. The van der Waals surface area contributed by atoms with Crippen molar-refractivity contribution in [2.75, 3.05) is 29.9 Å². The second kappa shape index (κ2) is 14.0. The maximum Gasteiger partial charge on any atom is 0.410 e. The molecule has 8 rings (SSSR count). The Morgan fingerprint density at radius 1 is 0.981 bits per heavy atom. The second-order valence-corrected chi connectivity index (χ2v) is 17.8. The molecule has 2 aromatic carbocycles. The summed E-state index contributed by atoms with van der Waals surface area (Å²) in [6.07, 6.45) is 7.14. The molecular weight excluding hydrogens is 740 g/mol. The number of benzene rings is 1. The van der Waals surface area contributed by atoms with E-state index in [0.717, 1.165) is 30.4 Å². The van der Waals surface area contributed by atoms with E-state index in [4.69, 9.17) is 16.3 Å². The van der Waals surface area contributed by atoms with Gasteiger partial charge in [-0.25, -0.2) is 13.2 Å². The van der Waals surface area contributed by atoms with E-state index in [2.05, 4.69) is 15.4 Å². The molecule has 4 heterocycles. The van der Waals surface area contributed by atoms with Crippen LogP contribution in [0.5, 0.6) is 0 Å². The highest BCUT2D eigenvalue weighted by Gasteiger charge is 2.62. The number of nitrogens with one attached hydrogen (secondary N) is 3. The van der Waals surface area contributed by atoms with Crippen molar-refractivity contribution in [3.63, 3.8) is 0 Å². The number of carbonyl (C=O) groups is 4. The van der Waals surface area contributed by atoms with Gasteiger partial charge in [0.1, 0.15) is 35.1 Å². The Labute approximate surface area is 317 Å². The van der Waals surface area contributed by atoms with Gasteiger partial charge < -0.3 is 25.2 Å². The van der Waals surface area contributed by atoms with Crippen molar-refractivity contribution in [3.8, 4) is 0 Å². The molecule has 288 valence electrons. The zero-order valence-corrected chi connectivity index (χ0v) is 31.3. The van der Waals surface area contributed by atoms with Crippen molar-refractivity contribution in [2.24, 2.45) is 5.92 Å². The summed E-state index contributed by atoms with van der Waals surface area (Å²) < 4.78 is 33.7. The topological polar surface area (TPSA) is 192 Å². The highest BCUT2D eigenvalue weighted by Crippen LogP contribution is 2.46. The van der Waals surface area contributed by atoms with E-state index in [1.54, 1.807) is 17.0 Å². The zero-order chi connectivity index (χ0) is 37.9. The molecule has 4 fully saturated rings. The summed E-state index contributed by atoms with van der Waals surface area (Å²) in [4.78, 5) is 86.1. The molecule has 0 aromatic heterocycles. The predicted molar refractivity (Wildman–Crippen MR) is 198 cm³/mol. The number of fused-ring (bicyclic) bond motifs is 3. The third-order valence-corrected chi connectivity index (χ3v) is 13.8. The number of hydrogen-bond acceptors (Lipinski definition) is 11. The van der Waals surface area contributed by atoms with Crippen LogP contribution in [0, 0.1) is 5.92 Å². The lowest BCUT2D eigenvalue weighted by Gasteiger charge is -2.36. The number of anilines is 2. The summed E-state index contributed by atoms with van der Waals surface area (Å²) in [5.41, 5.74) is -0.795. The molecule has 2 saturated carbocycles. The molecule has 5 atom stereocenters. The van der Waals surface area contributed by atoms with Gasteiger partial charge in [0, 0.05) is 37.0 Å². The highest BCUT2D eigenvalue weighted by molar-refractivity contribution is 7.91. The van der Waals surface area contributed by atoms with E-state index in [1.807, 2.05) is 18.2 Å². The first-order valence-corrected chi connectivity index (χ1v) is 20.7. The van der Waals surface area contributed by atoms with E-state index >= 15 is 0 Å². The van der Waals surface area contributed by atoms with E-state index in [9.17, 15) is 37.2 Å². The monoisotopic (exact) mass is 782 g/mol. The first-order chi connectivity index (χ1) is 25.9. The molecule has 15 nitrogen and oxygen atoms in total. The standard InChI is InChI=1S/C37H43ClN6O9S/c38-26-10-6-8-21-18-43(20-25(21)26)36(50)53-23-16-28-33(47)40-37(35(49)41-54(51,52)24-12-13-24)17-22(37)9-4-2-1-3-5-11-27(34(48)44(28)19-23)39-29-30(32(46)31(29)45)42-14-7-15-42/h4,6,8-10,22-24,27-28,39H,1-3,5,7,11-20H2,(H,40,47)(H,41,49)/t22-,23?,27+,28+,37-/m1/s1. The zero-order valence-electron chi connectivity index (χ0n) is 29.7. The number of allylic oxidation sites excluding steroid dienone is 1. The summed E-state index contributed by atoms with van der Waals surface area (Å²) in [7, 11) is -3.92. The largest absolute Gasteiger partial charge is 0.444 e. The van der Waals surface area contributed by atoms with Crippen LogP contribution in [0.1, 0.15) is 75.3 Å². The minimum absolute atomic E-state index is 0.0858.